The normalized spacial score (nSPS) is 22.2. The Kier molecular flexibility index (Phi) is 5.45. The highest BCUT2D eigenvalue weighted by Gasteiger charge is 2.22. The first kappa shape index (κ1) is 16.5. The lowest BCUT2D eigenvalue weighted by atomic mass is 9.85. The molecule has 0 spiro atoms. The molecule has 2 rings (SSSR count). The SMILES string of the molecule is CC1CCCCN1CC(CN)c1ccc(C(C)(C)C)cc1. The van der Waals surface area contributed by atoms with E-state index in [0.717, 1.165) is 13.1 Å². The van der Waals surface area contributed by atoms with Crippen molar-refractivity contribution in [1.29, 1.82) is 0 Å². The summed E-state index contributed by atoms with van der Waals surface area (Å²) in [5, 5.41) is 0. The lowest BCUT2D eigenvalue weighted by Crippen LogP contribution is -2.41. The molecule has 2 unspecified atom stereocenters. The van der Waals surface area contributed by atoms with Gasteiger partial charge in [-0.3, -0.25) is 0 Å². The van der Waals surface area contributed by atoms with Crippen LogP contribution in [0.25, 0.3) is 0 Å². The molecule has 1 saturated heterocycles. The van der Waals surface area contributed by atoms with E-state index >= 15 is 0 Å². The van der Waals surface area contributed by atoms with Crippen molar-refractivity contribution in [3.63, 3.8) is 0 Å². The Bertz CT molecular complexity index is 430. The summed E-state index contributed by atoms with van der Waals surface area (Å²) in [6.45, 7) is 12.2. The van der Waals surface area contributed by atoms with Crippen molar-refractivity contribution in [3.8, 4) is 0 Å². The Morgan fingerprint density at radius 1 is 1.19 bits per heavy atom. The van der Waals surface area contributed by atoms with Crippen LogP contribution in [0.3, 0.4) is 0 Å². The molecule has 21 heavy (non-hydrogen) atoms. The number of likely N-dealkylation sites (tertiary alicyclic amines) is 1. The summed E-state index contributed by atoms with van der Waals surface area (Å²) in [5.41, 5.74) is 9.07. The van der Waals surface area contributed by atoms with Gasteiger partial charge in [0.1, 0.15) is 0 Å². The zero-order chi connectivity index (χ0) is 15.5. The summed E-state index contributed by atoms with van der Waals surface area (Å²) in [7, 11) is 0. The number of nitrogens with two attached hydrogens (primary N) is 1. The van der Waals surface area contributed by atoms with Crippen molar-refractivity contribution in [2.24, 2.45) is 5.73 Å². The van der Waals surface area contributed by atoms with Crippen LogP contribution in [0.5, 0.6) is 0 Å². The second-order valence-corrected chi connectivity index (χ2v) is 7.64. The minimum absolute atomic E-state index is 0.220. The monoisotopic (exact) mass is 288 g/mol. The predicted octanol–water partition coefficient (Wildman–Crippen LogP) is 3.90. The van der Waals surface area contributed by atoms with Crippen LogP contribution in [0.1, 0.15) is 64.0 Å². The summed E-state index contributed by atoms with van der Waals surface area (Å²) in [6.07, 6.45) is 4.05. The zero-order valence-electron chi connectivity index (χ0n) is 14.2. The van der Waals surface area contributed by atoms with Gasteiger partial charge in [-0.15, -0.1) is 0 Å². The Morgan fingerprint density at radius 2 is 1.86 bits per heavy atom. The molecule has 0 radical (unpaired) electrons. The molecule has 118 valence electrons. The van der Waals surface area contributed by atoms with Gasteiger partial charge in [-0.05, 0) is 42.9 Å². The van der Waals surface area contributed by atoms with Crippen LogP contribution in [-0.2, 0) is 5.41 Å². The van der Waals surface area contributed by atoms with Gasteiger partial charge in [0.15, 0.2) is 0 Å². The van der Waals surface area contributed by atoms with Crippen LogP contribution in [0.4, 0.5) is 0 Å². The highest BCUT2D eigenvalue weighted by Crippen LogP contribution is 2.26. The number of benzene rings is 1. The number of piperidine rings is 1. The maximum atomic E-state index is 6.06. The number of rotatable bonds is 4. The molecule has 2 N–H and O–H groups in total. The van der Waals surface area contributed by atoms with E-state index in [2.05, 4.69) is 56.9 Å². The molecular formula is C19H32N2. The fraction of sp³-hybridized carbons (Fsp3) is 0.684. The quantitative estimate of drug-likeness (QED) is 0.910. The molecule has 0 bridgehead atoms. The molecule has 2 heteroatoms. The highest BCUT2D eigenvalue weighted by atomic mass is 15.2. The second-order valence-electron chi connectivity index (χ2n) is 7.64. The van der Waals surface area contributed by atoms with Crippen molar-refractivity contribution in [2.75, 3.05) is 19.6 Å². The van der Waals surface area contributed by atoms with Gasteiger partial charge in [0.05, 0.1) is 0 Å². The molecular weight excluding hydrogens is 256 g/mol. The van der Waals surface area contributed by atoms with E-state index in [1.165, 1.54) is 36.9 Å². The summed E-state index contributed by atoms with van der Waals surface area (Å²) in [6, 6.07) is 9.83. The maximum Gasteiger partial charge on any atom is 0.00889 e. The topological polar surface area (TPSA) is 29.3 Å². The third kappa shape index (κ3) is 4.31. The average Bonchev–Trinajstić information content (AvgIpc) is 2.46. The van der Waals surface area contributed by atoms with E-state index in [4.69, 9.17) is 5.73 Å². The molecule has 0 aromatic heterocycles. The Balaban J connectivity index is 2.06. The molecule has 0 saturated carbocycles. The number of nitrogens with zero attached hydrogens (tertiary/aromatic N) is 1. The van der Waals surface area contributed by atoms with Crippen LogP contribution in [0.2, 0.25) is 0 Å². The predicted molar refractivity (Wildman–Crippen MR) is 91.8 cm³/mol. The molecule has 1 aliphatic heterocycles. The highest BCUT2D eigenvalue weighted by molar-refractivity contribution is 5.30. The minimum Gasteiger partial charge on any atom is -0.330 e. The molecule has 1 fully saturated rings. The largest absolute Gasteiger partial charge is 0.330 e. The molecule has 2 nitrogen and oxygen atoms in total. The van der Waals surface area contributed by atoms with Gasteiger partial charge in [-0.2, -0.15) is 0 Å². The van der Waals surface area contributed by atoms with Gasteiger partial charge in [-0.25, -0.2) is 0 Å². The third-order valence-corrected chi connectivity index (χ3v) is 4.93. The van der Waals surface area contributed by atoms with Gasteiger partial charge in [0.2, 0.25) is 0 Å². The summed E-state index contributed by atoms with van der Waals surface area (Å²) in [4.78, 5) is 2.62. The van der Waals surface area contributed by atoms with Crippen molar-refractivity contribution in [2.45, 2.75) is 64.3 Å². The fourth-order valence-electron chi connectivity index (χ4n) is 3.28. The fourth-order valence-corrected chi connectivity index (χ4v) is 3.28. The molecule has 2 atom stereocenters. The molecule has 1 aromatic rings. The first-order valence-corrected chi connectivity index (χ1v) is 8.46. The summed E-state index contributed by atoms with van der Waals surface area (Å²) in [5.74, 6) is 0.458. The van der Waals surface area contributed by atoms with E-state index in [-0.39, 0.29) is 5.41 Å². The summed E-state index contributed by atoms with van der Waals surface area (Å²) < 4.78 is 0. The van der Waals surface area contributed by atoms with Crippen molar-refractivity contribution < 1.29 is 0 Å². The third-order valence-electron chi connectivity index (χ3n) is 4.93. The number of hydrogen-bond donors (Lipinski definition) is 1. The van der Waals surface area contributed by atoms with Gasteiger partial charge >= 0.3 is 0 Å². The first-order chi connectivity index (χ1) is 9.91. The Morgan fingerprint density at radius 3 is 2.38 bits per heavy atom. The minimum atomic E-state index is 0.220. The lowest BCUT2D eigenvalue weighted by Gasteiger charge is -2.36. The van der Waals surface area contributed by atoms with Crippen molar-refractivity contribution >= 4 is 0 Å². The second kappa shape index (κ2) is 6.93. The smallest absolute Gasteiger partial charge is 0.00889 e. The lowest BCUT2D eigenvalue weighted by molar-refractivity contribution is 0.152. The van der Waals surface area contributed by atoms with E-state index in [1.807, 2.05) is 0 Å². The van der Waals surface area contributed by atoms with Gasteiger partial charge in [0.25, 0.3) is 0 Å². The Labute approximate surface area is 130 Å². The first-order valence-electron chi connectivity index (χ1n) is 8.46. The van der Waals surface area contributed by atoms with Gasteiger partial charge < -0.3 is 10.6 Å². The van der Waals surface area contributed by atoms with Crippen LogP contribution in [0, 0.1) is 0 Å². The van der Waals surface area contributed by atoms with Gasteiger partial charge in [-0.1, -0.05) is 51.5 Å². The number of hydrogen-bond acceptors (Lipinski definition) is 2. The maximum absolute atomic E-state index is 6.06. The Hall–Kier alpha value is -0.860. The van der Waals surface area contributed by atoms with Crippen LogP contribution < -0.4 is 5.73 Å². The van der Waals surface area contributed by atoms with Gasteiger partial charge in [0, 0.05) is 25.0 Å². The van der Waals surface area contributed by atoms with E-state index in [1.54, 1.807) is 0 Å². The van der Waals surface area contributed by atoms with Crippen LogP contribution in [0.15, 0.2) is 24.3 Å². The summed E-state index contributed by atoms with van der Waals surface area (Å²) >= 11 is 0. The molecule has 1 aliphatic rings. The van der Waals surface area contributed by atoms with E-state index in [9.17, 15) is 0 Å². The molecule has 1 aromatic carbocycles. The standard InChI is InChI=1S/C19H32N2/c1-15-7-5-6-12-21(15)14-17(13-20)16-8-10-18(11-9-16)19(2,3)4/h8-11,15,17H,5-7,12-14,20H2,1-4H3. The van der Waals surface area contributed by atoms with E-state index in [0.29, 0.717) is 12.0 Å². The molecule has 1 heterocycles. The van der Waals surface area contributed by atoms with Crippen molar-refractivity contribution in [3.05, 3.63) is 35.4 Å². The zero-order valence-corrected chi connectivity index (χ0v) is 14.2. The average molecular weight is 288 g/mol. The molecule has 0 aliphatic carbocycles. The van der Waals surface area contributed by atoms with Crippen LogP contribution >= 0.6 is 0 Å². The van der Waals surface area contributed by atoms with Crippen LogP contribution in [-0.4, -0.2) is 30.6 Å². The van der Waals surface area contributed by atoms with Crippen molar-refractivity contribution in [1.82, 2.24) is 4.90 Å². The molecule has 0 amide bonds. The van der Waals surface area contributed by atoms with E-state index < -0.39 is 0 Å².